The first-order valence-corrected chi connectivity index (χ1v) is 12.6. The molecular formula is C19H15F6N5O4S2. The van der Waals surface area contributed by atoms with Crippen molar-refractivity contribution in [2.24, 2.45) is 4.40 Å². The van der Waals surface area contributed by atoms with Gasteiger partial charge < -0.3 is 0 Å². The Hall–Kier alpha value is -2.95. The van der Waals surface area contributed by atoms with E-state index in [-0.39, 0.29) is 9.73 Å². The molecule has 0 N–H and O–H groups in total. The number of hydrogen-bond donors (Lipinski definition) is 0. The summed E-state index contributed by atoms with van der Waals surface area (Å²) < 4.78 is 108. The van der Waals surface area contributed by atoms with E-state index in [1.807, 2.05) is 0 Å². The van der Waals surface area contributed by atoms with Crippen molar-refractivity contribution in [2.45, 2.75) is 55.4 Å². The Labute approximate surface area is 203 Å². The van der Waals surface area contributed by atoms with Crippen LogP contribution in [0.3, 0.4) is 0 Å². The number of amides is 1. The van der Waals surface area contributed by atoms with Gasteiger partial charge in [0, 0.05) is 11.7 Å². The number of alkyl halides is 6. The number of halogens is 6. The highest BCUT2D eigenvalue weighted by Gasteiger charge is 2.46. The van der Waals surface area contributed by atoms with E-state index < -0.39 is 61.7 Å². The van der Waals surface area contributed by atoms with E-state index in [2.05, 4.69) is 14.6 Å². The Balaban J connectivity index is 1.70. The van der Waals surface area contributed by atoms with E-state index in [0.717, 1.165) is 36.3 Å². The molecule has 0 radical (unpaired) electrons. The Morgan fingerprint density at radius 2 is 1.42 bits per heavy atom. The molecule has 2 aliphatic rings. The summed E-state index contributed by atoms with van der Waals surface area (Å²) in [5.41, 5.74) is -0.698. The van der Waals surface area contributed by atoms with Gasteiger partial charge >= 0.3 is 18.3 Å². The largest absolute Gasteiger partial charge is 0.452 e. The summed E-state index contributed by atoms with van der Waals surface area (Å²) in [5, 5.41) is 3.93. The first kappa shape index (κ1) is 26.1. The maximum atomic E-state index is 13.2. The minimum absolute atomic E-state index is 0.280. The number of benzene rings is 1. The number of sulfonamides is 1. The predicted octanol–water partition coefficient (Wildman–Crippen LogP) is 3.78. The van der Waals surface area contributed by atoms with Crippen molar-refractivity contribution in [3.8, 4) is 5.69 Å². The Bertz CT molecular complexity index is 1300. The number of rotatable bonds is 4. The molecule has 1 aromatic carbocycles. The molecule has 0 bridgehead atoms. The van der Waals surface area contributed by atoms with Gasteiger partial charge in [0.1, 0.15) is 0 Å². The first-order valence-electron chi connectivity index (χ1n) is 10.3. The Kier molecular flexibility index (Phi) is 6.65. The molecule has 2 aromatic rings. The molecule has 1 saturated carbocycles. The number of carbonyl (C=O) groups excluding carboxylic acids is 2. The molecule has 4 rings (SSSR count). The van der Waals surface area contributed by atoms with Crippen molar-refractivity contribution in [1.82, 2.24) is 19.7 Å². The van der Waals surface area contributed by atoms with Crippen molar-refractivity contribution in [3.63, 3.8) is 0 Å². The SMILES string of the molecule is O=C1S/C(=N/S(=O)(=O)c2ccc(-n3c(C(F)(F)F)nnc3C(F)(F)F)cc2)N(C2CCCCC2)C1=O. The molecule has 194 valence electrons. The Morgan fingerprint density at radius 1 is 0.889 bits per heavy atom. The number of carbonyl (C=O) groups is 2. The highest BCUT2D eigenvalue weighted by atomic mass is 32.2. The van der Waals surface area contributed by atoms with Gasteiger partial charge in [0.25, 0.3) is 15.1 Å². The van der Waals surface area contributed by atoms with Gasteiger partial charge in [0.15, 0.2) is 5.17 Å². The van der Waals surface area contributed by atoms with E-state index in [1.54, 1.807) is 0 Å². The van der Waals surface area contributed by atoms with Crippen LogP contribution in [0.25, 0.3) is 5.69 Å². The zero-order valence-electron chi connectivity index (χ0n) is 17.9. The van der Waals surface area contributed by atoms with Gasteiger partial charge in [0.2, 0.25) is 11.6 Å². The maximum Gasteiger partial charge on any atom is 0.452 e. The van der Waals surface area contributed by atoms with Crippen LogP contribution in [-0.4, -0.2) is 50.3 Å². The van der Waals surface area contributed by atoms with Crippen molar-refractivity contribution in [1.29, 1.82) is 0 Å². The van der Waals surface area contributed by atoms with Gasteiger partial charge in [-0.15, -0.1) is 14.6 Å². The summed E-state index contributed by atoms with van der Waals surface area (Å²) in [6.07, 6.45) is -6.99. The zero-order chi connectivity index (χ0) is 26.5. The monoisotopic (exact) mass is 555 g/mol. The van der Waals surface area contributed by atoms with E-state index >= 15 is 0 Å². The fourth-order valence-electron chi connectivity index (χ4n) is 3.90. The van der Waals surface area contributed by atoms with Gasteiger partial charge in [-0.1, -0.05) is 19.3 Å². The van der Waals surface area contributed by atoms with Crippen molar-refractivity contribution in [3.05, 3.63) is 35.9 Å². The minimum Gasteiger partial charge on any atom is -0.280 e. The third kappa shape index (κ3) is 4.98. The summed E-state index contributed by atoms with van der Waals surface area (Å²) in [5.74, 6) is -4.80. The second-order valence-corrected chi connectivity index (χ2v) is 10.4. The van der Waals surface area contributed by atoms with Crippen LogP contribution in [0.5, 0.6) is 0 Å². The molecule has 0 atom stereocenters. The molecule has 1 saturated heterocycles. The lowest BCUT2D eigenvalue weighted by Gasteiger charge is -2.29. The number of aromatic nitrogens is 3. The molecule has 1 aliphatic heterocycles. The molecule has 36 heavy (non-hydrogen) atoms. The van der Waals surface area contributed by atoms with Crippen molar-refractivity contribution < 1.29 is 44.3 Å². The van der Waals surface area contributed by atoms with Crippen LogP contribution >= 0.6 is 11.8 Å². The third-order valence-electron chi connectivity index (χ3n) is 5.48. The van der Waals surface area contributed by atoms with E-state index in [1.165, 1.54) is 0 Å². The van der Waals surface area contributed by atoms with Crippen LogP contribution in [0, 0.1) is 0 Å². The lowest BCUT2D eigenvalue weighted by atomic mass is 9.94. The maximum absolute atomic E-state index is 13.2. The summed E-state index contributed by atoms with van der Waals surface area (Å²) in [4.78, 5) is 24.7. The van der Waals surface area contributed by atoms with Crippen molar-refractivity contribution in [2.75, 3.05) is 0 Å². The number of amidine groups is 1. The molecule has 9 nitrogen and oxygen atoms in total. The molecule has 2 heterocycles. The summed E-state index contributed by atoms with van der Waals surface area (Å²) in [7, 11) is -4.59. The molecule has 0 unspecified atom stereocenters. The smallest absolute Gasteiger partial charge is 0.280 e. The van der Waals surface area contributed by atoms with Crippen LogP contribution in [0.1, 0.15) is 43.8 Å². The van der Waals surface area contributed by atoms with Crippen molar-refractivity contribution >= 4 is 38.0 Å². The lowest BCUT2D eigenvalue weighted by molar-refractivity contribution is -0.153. The number of thioether (sulfide) groups is 1. The van der Waals surface area contributed by atoms with Crippen LogP contribution in [-0.2, 0) is 32.0 Å². The third-order valence-corrected chi connectivity index (χ3v) is 7.71. The van der Waals surface area contributed by atoms with Crippen LogP contribution in [0.2, 0.25) is 0 Å². The Morgan fingerprint density at radius 3 is 1.92 bits per heavy atom. The average molecular weight is 555 g/mol. The van der Waals surface area contributed by atoms with E-state index in [0.29, 0.717) is 36.7 Å². The molecule has 0 spiro atoms. The van der Waals surface area contributed by atoms with Gasteiger partial charge in [-0.3, -0.25) is 19.1 Å². The predicted molar refractivity (Wildman–Crippen MR) is 112 cm³/mol. The van der Waals surface area contributed by atoms with Gasteiger partial charge in [-0.25, -0.2) is 0 Å². The second kappa shape index (κ2) is 9.17. The molecule has 17 heteroatoms. The summed E-state index contributed by atoms with van der Waals surface area (Å²) in [6, 6.07) is 2.51. The number of hydrogen-bond acceptors (Lipinski definition) is 7. The highest BCUT2D eigenvalue weighted by molar-refractivity contribution is 8.29. The number of nitrogens with zero attached hydrogens (tertiary/aromatic N) is 5. The van der Waals surface area contributed by atoms with E-state index in [4.69, 9.17) is 0 Å². The standard InChI is InChI=1S/C19H15F6N5O4S2/c20-18(21,22)15-26-27-16(19(23,24)25)30(15)11-6-8-12(9-7-11)36(33,34)28-17-29(13(31)14(32)35-17)10-4-2-1-3-5-10/h6-10H,1-5H2/b28-17+. The lowest BCUT2D eigenvalue weighted by Crippen LogP contribution is -2.41. The summed E-state index contributed by atoms with van der Waals surface area (Å²) >= 11 is 0.345. The minimum atomic E-state index is -5.28. The molecule has 1 aromatic heterocycles. The topological polar surface area (TPSA) is 115 Å². The molecular weight excluding hydrogens is 540 g/mol. The van der Waals surface area contributed by atoms with E-state index in [9.17, 15) is 44.3 Å². The molecule has 1 amide bonds. The zero-order valence-corrected chi connectivity index (χ0v) is 19.5. The van der Waals surface area contributed by atoms with Gasteiger partial charge in [0.05, 0.1) is 4.90 Å². The normalized spacial score (nSPS) is 19.5. The fraction of sp³-hybridized carbons (Fsp3) is 0.421. The van der Waals surface area contributed by atoms with Crippen LogP contribution < -0.4 is 0 Å². The highest BCUT2D eigenvalue weighted by Crippen LogP contribution is 2.36. The quantitative estimate of drug-likeness (QED) is 0.417. The van der Waals surface area contributed by atoms with Crippen LogP contribution in [0.15, 0.2) is 33.6 Å². The summed E-state index contributed by atoms with van der Waals surface area (Å²) in [6.45, 7) is 0. The molecule has 2 fully saturated rings. The van der Waals surface area contributed by atoms with Gasteiger partial charge in [-0.2, -0.15) is 34.8 Å². The fourth-order valence-corrected chi connectivity index (χ4v) is 5.91. The second-order valence-electron chi connectivity index (χ2n) is 7.88. The average Bonchev–Trinajstić information content (AvgIpc) is 3.36. The first-order chi connectivity index (χ1) is 16.7. The van der Waals surface area contributed by atoms with Gasteiger partial charge in [-0.05, 0) is 48.9 Å². The van der Waals surface area contributed by atoms with Crippen LogP contribution in [0.4, 0.5) is 26.3 Å². The molecule has 1 aliphatic carbocycles.